The molecule has 5 heteroatoms. The van der Waals surface area contributed by atoms with E-state index in [1.807, 2.05) is 39.0 Å². The number of hydrogen-bond donors (Lipinski definition) is 2. The zero-order valence-electron chi connectivity index (χ0n) is 12.9. The van der Waals surface area contributed by atoms with E-state index >= 15 is 0 Å². The number of hydrogen-bond acceptors (Lipinski definition) is 4. The molecule has 1 heterocycles. The van der Waals surface area contributed by atoms with Gasteiger partial charge >= 0.3 is 0 Å². The Morgan fingerprint density at radius 3 is 2.62 bits per heavy atom. The average molecular weight is 289 g/mol. The molecule has 5 nitrogen and oxygen atoms in total. The highest BCUT2D eigenvalue weighted by Crippen LogP contribution is 2.28. The van der Waals surface area contributed by atoms with Crippen LogP contribution in [0.25, 0.3) is 11.1 Å². The molecule has 2 aromatic rings. The Morgan fingerprint density at radius 1 is 1.33 bits per heavy atom. The third-order valence-corrected chi connectivity index (χ3v) is 4.22. The van der Waals surface area contributed by atoms with Gasteiger partial charge in [0.1, 0.15) is 5.52 Å². The zero-order chi connectivity index (χ0) is 15.5. The normalized spacial score (nSPS) is 11.8. The Labute approximate surface area is 124 Å². The Hall–Kier alpha value is -1.88. The first kappa shape index (κ1) is 15.5. The van der Waals surface area contributed by atoms with Gasteiger partial charge in [-0.15, -0.1) is 0 Å². The molecule has 0 saturated carbocycles. The zero-order valence-corrected chi connectivity index (χ0v) is 12.9. The topological polar surface area (TPSA) is 81.2 Å². The van der Waals surface area contributed by atoms with Crippen LogP contribution in [-0.2, 0) is 11.2 Å². The van der Waals surface area contributed by atoms with Gasteiger partial charge in [0, 0.05) is 18.7 Å². The van der Waals surface area contributed by atoms with Gasteiger partial charge in [-0.3, -0.25) is 4.79 Å². The smallest absolute Gasteiger partial charge is 0.231 e. The van der Waals surface area contributed by atoms with E-state index in [1.54, 1.807) is 0 Å². The molecule has 21 heavy (non-hydrogen) atoms. The summed E-state index contributed by atoms with van der Waals surface area (Å²) in [6, 6.07) is 5.50. The number of nitrogens with one attached hydrogen (secondary N) is 1. The van der Waals surface area contributed by atoms with Crippen molar-refractivity contribution in [2.45, 2.75) is 40.0 Å². The second kappa shape index (κ2) is 6.26. The molecular weight excluding hydrogens is 266 g/mol. The molecule has 0 fully saturated rings. The van der Waals surface area contributed by atoms with E-state index in [-0.39, 0.29) is 5.91 Å². The number of oxazole rings is 1. The minimum Gasteiger partial charge on any atom is -0.441 e. The van der Waals surface area contributed by atoms with Crippen LogP contribution >= 0.6 is 0 Å². The molecule has 3 N–H and O–H groups in total. The van der Waals surface area contributed by atoms with Crippen molar-refractivity contribution in [1.29, 1.82) is 0 Å². The van der Waals surface area contributed by atoms with Gasteiger partial charge in [0.2, 0.25) is 5.91 Å². The number of aromatic nitrogens is 1. The number of amides is 1. The third kappa shape index (κ3) is 2.93. The summed E-state index contributed by atoms with van der Waals surface area (Å²) < 4.78 is 5.56. The Kier molecular flexibility index (Phi) is 4.63. The Morgan fingerprint density at radius 2 is 2.05 bits per heavy atom. The van der Waals surface area contributed by atoms with Crippen molar-refractivity contribution < 1.29 is 9.21 Å². The van der Waals surface area contributed by atoms with Crippen LogP contribution in [0.2, 0.25) is 0 Å². The van der Waals surface area contributed by atoms with Gasteiger partial charge in [0.25, 0.3) is 0 Å². The van der Waals surface area contributed by atoms with Gasteiger partial charge in [-0.1, -0.05) is 20.8 Å². The molecule has 0 bridgehead atoms. The van der Waals surface area contributed by atoms with Crippen molar-refractivity contribution in [3.63, 3.8) is 0 Å². The Balaban J connectivity index is 2.24. The summed E-state index contributed by atoms with van der Waals surface area (Å²) in [5.74, 6) is 0.667. The monoisotopic (exact) mass is 289 g/mol. The number of aryl methyl sites for hydroxylation is 1. The van der Waals surface area contributed by atoms with E-state index in [1.165, 1.54) is 0 Å². The standard InChI is InChI=1S/C16H23N3O2/c1-4-14-19-12-9-11(7-8-13(12)21-14)18-15(20)16(5-2,6-3)10-17/h7-9H,4-6,10,17H2,1-3H3,(H,18,20). The van der Waals surface area contributed by atoms with Crippen molar-refractivity contribution in [3.05, 3.63) is 24.1 Å². The molecule has 1 aromatic carbocycles. The van der Waals surface area contributed by atoms with Crippen molar-refractivity contribution in [1.82, 2.24) is 4.98 Å². The van der Waals surface area contributed by atoms with Gasteiger partial charge in [0.15, 0.2) is 11.5 Å². The van der Waals surface area contributed by atoms with E-state index in [0.717, 1.165) is 36.0 Å². The quantitative estimate of drug-likeness (QED) is 0.856. The highest BCUT2D eigenvalue weighted by Gasteiger charge is 2.33. The van der Waals surface area contributed by atoms with Crippen molar-refractivity contribution >= 4 is 22.7 Å². The second-order valence-electron chi connectivity index (χ2n) is 5.29. The largest absolute Gasteiger partial charge is 0.441 e. The van der Waals surface area contributed by atoms with Crippen LogP contribution in [0.4, 0.5) is 5.69 Å². The number of anilines is 1. The number of rotatable bonds is 6. The summed E-state index contributed by atoms with van der Waals surface area (Å²) in [4.78, 5) is 16.9. The third-order valence-electron chi connectivity index (χ3n) is 4.22. The Bertz CT molecular complexity index is 621. The van der Waals surface area contributed by atoms with E-state index < -0.39 is 5.41 Å². The maximum Gasteiger partial charge on any atom is 0.231 e. The van der Waals surface area contributed by atoms with Crippen LogP contribution in [0.1, 0.15) is 39.5 Å². The number of benzene rings is 1. The lowest BCUT2D eigenvalue weighted by molar-refractivity contribution is -0.125. The van der Waals surface area contributed by atoms with Crippen LogP contribution < -0.4 is 11.1 Å². The number of nitrogens with two attached hydrogens (primary N) is 1. The number of carbonyl (C=O) groups is 1. The maximum absolute atomic E-state index is 12.5. The lowest BCUT2D eigenvalue weighted by Crippen LogP contribution is -2.41. The molecule has 0 radical (unpaired) electrons. The first-order chi connectivity index (χ1) is 10.1. The van der Waals surface area contributed by atoms with Crippen molar-refractivity contribution in [2.24, 2.45) is 11.1 Å². The molecule has 0 atom stereocenters. The van der Waals surface area contributed by atoms with Gasteiger partial charge in [-0.05, 0) is 31.0 Å². The van der Waals surface area contributed by atoms with Crippen LogP contribution in [0.5, 0.6) is 0 Å². The second-order valence-corrected chi connectivity index (χ2v) is 5.29. The highest BCUT2D eigenvalue weighted by molar-refractivity contribution is 5.96. The van der Waals surface area contributed by atoms with Gasteiger partial charge < -0.3 is 15.5 Å². The molecule has 0 unspecified atom stereocenters. The average Bonchev–Trinajstić information content (AvgIpc) is 2.92. The minimum absolute atomic E-state index is 0.0337. The van der Waals surface area contributed by atoms with Crippen LogP contribution in [-0.4, -0.2) is 17.4 Å². The summed E-state index contributed by atoms with van der Waals surface area (Å²) in [7, 11) is 0. The number of carbonyl (C=O) groups excluding carboxylic acids is 1. The number of nitrogens with zero attached hydrogens (tertiary/aromatic N) is 1. The fraction of sp³-hybridized carbons (Fsp3) is 0.500. The summed E-state index contributed by atoms with van der Waals surface area (Å²) in [5.41, 5.74) is 7.52. The van der Waals surface area contributed by atoms with E-state index in [0.29, 0.717) is 12.4 Å². The summed E-state index contributed by atoms with van der Waals surface area (Å²) >= 11 is 0. The molecule has 0 spiro atoms. The van der Waals surface area contributed by atoms with Gasteiger partial charge in [0.05, 0.1) is 5.41 Å². The van der Waals surface area contributed by atoms with Crippen molar-refractivity contribution in [2.75, 3.05) is 11.9 Å². The fourth-order valence-electron chi connectivity index (χ4n) is 2.42. The SMILES string of the molecule is CCc1nc2cc(NC(=O)C(CC)(CC)CN)ccc2o1. The van der Waals surface area contributed by atoms with Crippen LogP contribution in [0, 0.1) is 5.41 Å². The van der Waals surface area contributed by atoms with Gasteiger partial charge in [-0.25, -0.2) is 4.98 Å². The molecule has 114 valence electrons. The summed E-state index contributed by atoms with van der Waals surface area (Å²) in [5, 5.41) is 2.95. The molecule has 0 aliphatic rings. The maximum atomic E-state index is 12.5. The van der Waals surface area contributed by atoms with E-state index in [2.05, 4.69) is 10.3 Å². The van der Waals surface area contributed by atoms with Crippen LogP contribution in [0.15, 0.2) is 22.6 Å². The molecular formula is C16H23N3O2. The first-order valence-corrected chi connectivity index (χ1v) is 7.49. The van der Waals surface area contributed by atoms with Crippen molar-refractivity contribution in [3.8, 4) is 0 Å². The molecule has 0 aliphatic carbocycles. The predicted molar refractivity (Wildman–Crippen MR) is 84.1 cm³/mol. The molecule has 2 rings (SSSR count). The first-order valence-electron chi connectivity index (χ1n) is 7.49. The molecule has 0 aliphatic heterocycles. The lowest BCUT2D eigenvalue weighted by atomic mass is 9.81. The number of fused-ring (bicyclic) bond motifs is 1. The van der Waals surface area contributed by atoms with E-state index in [9.17, 15) is 4.79 Å². The van der Waals surface area contributed by atoms with E-state index in [4.69, 9.17) is 10.2 Å². The molecule has 1 aromatic heterocycles. The highest BCUT2D eigenvalue weighted by atomic mass is 16.3. The fourth-order valence-corrected chi connectivity index (χ4v) is 2.42. The predicted octanol–water partition coefficient (Wildman–Crippen LogP) is 3.09. The van der Waals surface area contributed by atoms with Crippen LogP contribution in [0.3, 0.4) is 0 Å². The molecule has 0 saturated heterocycles. The van der Waals surface area contributed by atoms with Gasteiger partial charge in [-0.2, -0.15) is 0 Å². The lowest BCUT2D eigenvalue weighted by Gasteiger charge is -2.28. The minimum atomic E-state index is -0.507. The molecule has 1 amide bonds. The summed E-state index contributed by atoms with van der Waals surface area (Å²) in [6.45, 7) is 6.32. The summed E-state index contributed by atoms with van der Waals surface area (Å²) in [6.07, 6.45) is 2.19.